The molecule has 4 rings (SSSR count). The van der Waals surface area contributed by atoms with E-state index in [-0.39, 0.29) is 11.9 Å². The summed E-state index contributed by atoms with van der Waals surface area (Å²) in [4.78, 5) is 19.0. The molecule has 0 bridgehead atoms. The molecular formula is C22H21N3O3. The molecule has 0 spiro atoms. The number of aromatic nitrogens is 2. The van der Waals surface area contributed by atoms with Crippen molar-refractivity contribution in [3.63, 3.8) is 0 Å². The highest BCUT2D eigenvalue weighted by Crippen LogP contribution is 2.32. The lowest BCUT2D eigenvalue weighted by Crippen LogP contribution is -2.29. The highest BCUT2D eigenvalue weighted by Gasteiger charge is 2.33. The zero-order valence-corrected chi connectivity index (χ0v) is 15.6. The van der Waals surface area contributed by atoms with E-state index in [9.17, 15) is 4.79 Å². The first kappa shape index (κ1) is 18.0. The minimum absolute atomic E-state index is 0.0486. The second-order valence-corrected chi connectivity index (χ2v) is 6.62. The molecule has 2 aromatic carbocycles. The van der Waals surface area contributed by atoms with Crippen LogP contribution in [0.4, 0.5) is 0 Å². The zero-order chi connectivity index (χ0) is 19.3. The van der Waals surface area contributed by atoms with Gasteiger partial charge < -0.3 is 14.2 Å². The third kappa shape index (κ3) is 3.81. The number of nitrogens with zero attached hydrogens (tertiary/aromatic N) is 3. The van der Waals surface area contributed by atoms with Gasteiger partial charge in [0.1, 0.15) is 11.8 Å². The molecule has 0 radical (unpaired) electrons. The number of hydrogen-bond acceptors (Lipinski definition) is 5. The maximum atomic E-state index is 12.7. The fourth-order valence-electron chi connectivity index (χ4n) is 3.36. The molecule has 0 N–H and O–H groups in total. The van der Waals surface area contributed by atoms with Crippen molar-refractivity contribution in [2.24, 2.45) is 0 Å². The van der Waals surface area contributed by atoms with Crippen molar-refractivity contribution in [2.75, 3.05) is 13.7 Å². The molecule has 1 amide bonds. The molecule has 28 heavy (non-hydrogen) atoms. The highest BCUT2D eigenvalue weighted by molar-refractivity contribution is 5.92. The van der Waals surface area contributed by atoms with Crippen LogP contribution in [0.25, 0.3) is 17.5 Å². The van der Waals surface area contributed by atoms with E-state index in [0.717, 1.165) is 29.7 Å². The van der Waals surface area contributed by atoms with E-state index in [4.69, 9.17) is 9.26 Å². The number of hydrogen-bond donors (Lipinski definition) is 0. The minimum Gasteiger partial charge on any atom is -0.497 e. The Labute approximate surface area is 163 Å². The van der Waals surface area contributed by atoms with Crippen LogP contribution in [0.15, 0.2) is 65.2 Å². The van der Waals surface area contributed by atoms with Gasteiger partial charge in [-0.2, -0.15) is 4.98 Å². The third-order valence-corrected chi connectivity index (χ3v) is 4.81. The van der Waals surface area contributed by atoms with Gasteiger partial charge in [0.25, 0.3) is 0 Å². The SMILES string of the molecule is COc1cccc(-c2noc([C@H]3CCCN3C(=O)/C=C/c3ccccc3)n2)c1. The summed E-state index contributed by atoms with van der Waals surface area (Å²) >= 11 is 0. The summed E-state index contributed by atoms with van der Waals surface area (Å²) in [5.41, 5.74) is 1.80. The molecule has 1 aliphatic rings. The normalized spacial score (nSPS) is 16.6. The molecule has 0 unspecified atom stereocenters. The highest BCUT2D eigenvalue weighted by atomic mass is 16.5. The van der Waals surface area contributed by atoms with Gasteiger partial charge in [0.15, 0.2) is 0 Å². The lowest BCUT2D eigenvalue weighted by molar-refractivity contribution is -0.127. The smallest absolute Gasteiger partial charge is 0.249 e. The number of likely N-dealkylation sites (tertiary alicyclic amines) is 1. The first-order valence-electron chi connectivity index (χ1n) is 9.26. The lowest BCUT2D eigenvalue weighted by atomic mass is 10.2. The Kier molecular flexibility index (Phi) is 5.19. The molecule has 1 atom stereocenters. The average molecular weight is 375 g/mol. The fraction of sp³-hybridized carbons (Fsp3) is 0.227. The second kappa shape index (κ2) is 8.08. The Bertz CT molecular complexity index is 981. The number of carbonyl (C=O) groups is 1. The van der Waals surface area contributed by atoms with Gasteiger partial charge in [-0.15, -0.1) is 0 Å². The van der Waals surface area contributed by atoms with Gasteiger partial charge in [-0.3, -0.25) is 4.79 Å². The van der Waals surface area contributed by atoms with Crippen molar-refractivity contribution in [1.82, 2.24) is 15.0 Å². The topological polar surface area (TPSA) is 68.5 Å². The molecule has 6 heteroatoms. The van der Waals surface area contributed by atoms with Crippen LogP contribution in [-0.2, 0) is 4.79 Å². The molecule has 1 saturated heterocycles. The maximum Gasteiger partial charge on any atom is 0.249 e. The van der Waals surface area contributed by atoms with Crippen molar-refractivity contribution in [3.05, 3.63) is 72.1 Å². The van der Waals surface area contributed by atoms with E-state index in [0.29, 0.717) is 18.3 Å². The van der Waals surface area contributed by atoms with E-state index in [1.54, 1.807) is 18.1 Å². The van der Waals surface area contributed by atoms with Gasteiger partial charge in [0.2, 0.25) is 17.6 Å². The first-order chi connectivity index (χ1) is 13.7. The van der Waals surface area contributed by atoms with Crippen LogP contribution in [0.5, 0.6) is 5.75 Å². The van der Waals surface area contributed by atoms with Crippen molar-refractivity contribution < 1.29 is 14.1 Å². The van der Waals surface area contributed by atoms with Gasteiger partial charge in [0, 0.05) is 18.2 Å². The van der Waals surface area contributed by atoms with Crippen LogP contribution in [0.2, 0.25) is 0 Å². The lowest BCUT2D eigenvalue weighted by Gasteiger charge is -2.20. The summed E-state index contributed by atoms with van der Waals surface area (Å²) < 4.78 is 10.7. The van der Waals surface area contributed by atoms with E-state index in [1.807, 2.05) is 60.7 Å². The molecule has 0 aliphatic carbocycles. The van der Waals surface area contributed by atoms with Gasteiger partial charge in [0.05, 0.1) is 7.11 Å². The molecule has 6 nitrogen and oxygen atoms in total. The van der Waals surface area contributed by atoms with Gasteiger partial charge in [-0.05, 0) is 36.6 Å². The van der Waals surface area contributed by atoms with Crippen molar-refractivity contribution >= 4 is 12.0 Å². The molecule has 3 aromatic rings. The monoisotopic (exact) mass is 375 g/mol. The summed E-state index contributed by atoms with van der Waals surface area (Å²) in [5.74, 6) is 1.64. The van der Waals surface area contributed by atoms with E-state index in [2.05, 4.69) is 10.1 Å². The summed E-state index contributed by atoms with van der Waals surface area (Å²) in [5, 5.41) is 4.10. The predicted molar refractivity (Wildman–Crippen MR) is 105 cm³/mol. The summed E-state index contributed by atoms with van der Waals surface area (Å²) in [7, 11) is 1.62. The number of ether oxygens (including phenoxy) is 1. The Morgan fingerprint density at radius 2 is 2.07 bits per heavy atom. The molecule has 1 fully saturated rings. The van der Waals surface area contributed by atoms with Gasteiger partial charge in [-0.1, -0.05) is 47.6 Å². The molecule has 2 heterocycles. The molecule has 0 saturated carbocycles. The number of methoxy groups -OCH3 is 1. The Morgan fingerprint density at radius 1 is 1.21 bits per heavy atom. The van der Waals surface area contributed by atoms with Crippen LogP contribution < -0.4 is 4.74 Å². The Hall–Kier alpha value is -3.41. The van der Waals surface area contributed by atoms with E-state index >= 15 is 0 Å². The predicted octanol–water partition coefficient (Wildman–Crippen LogP) is 4.12. The number of amides is 1. The molecule has 1 aliphatic heterocycles. The first-order valence-corrected chi connectivity index (χ1v) is 9.26. The zero-order valence-electron chi connectivity index (χ0n) is 15.6. The van der Waals surface area contributed by atoms with Gasteiger partial charge >= 0.3 is 0 Å². The summed E-state index contributed by atoms with van der Waals surface area (Å²) in [6.45, 7) is 0.680. The van der Waals surface area contributed by atoms with Crippen LogP contribution in [0.1, 0.15) is 30.3 Å². The molecule has 142 valence electrons. The van der Waals surface area contributed by atoms with Crippen molar-refractivity contribution in [1.29, 1.82) is 0 Å². The third-order valence-electron chi connectivity index (χ3n) is 4.81. The number of rotatable bonds is 5. The van der Waals surface area contributed by atoms with E-state index in [1.165, 1.54) is 0 Å². The van der Waals surface area contributed by atoms with Crippen molar-refractivity contribution in [2.45, 2.75) is 18.9 Å². The van der Waals surface area contributed by atoms with Crippen molar-refractivity contribution in [3.8, 4) is 17.1 Å². The maximum absolute atomic E-state index is 12.7. The van der Waals surface area contributed by atoms with Crippen LogP contribution in [-0.4, -0.2) is 34.6 Å². The number of benzene rings is 2. The second-order valence-electron chi connectivity index (χ2n) is 6.62. The van der Waals surface area contributed by atoms with E-state index < -0.39 is 0 Å². The van der Waals surface area contributed by atoms with Crippen LogP contribution in [0.3, 0.4) is 0 Å². The Balaban J connectivity index is 1.51. The minimum atomic E-state index is -0.195. The molecular weight excluding hydrogens is 354 g/mol. The Morgan fingerprint density at radius 3 is 2.89 bits per heavy atom. The largest absolute Gasteiger partial charge is 0.497 e. The standard InChI is InChI=1S/C22H21N3O3/c1-27-18-10-5-9-17(15-18)21-23-22(28-24-21)19-11-6-14-25(19)20(26)13-12-16-7-3-2-4-8-16/h2-5,7-10,12-13,15,19H,6,11,14H2,1H3/b13-12+/t19-/m1/s1. The average Bonchev–Trinajstić information content (AvgIpc) is 3.42. The quantitative estimate of drug-likeness (QED) is 0.628. The van der Waals surface area contributed by atoms with Crippen LogP contribution in [0, 0.1) is 0 Å². The fourth-order valence-corrected chi connectivity index (χ4v) is 3.36. The number of carbonyl (C=O) groups excluding carboxylic acids is 1. The summed E-state index contributed by atoms with van der Waals surface area (Å²) in [6, 6.07) is 17.1. The van der Waals surface area contributed by atoms with Crippen LogP contribution >= 0.6 is 0 Å². The molecule has 1 aromatic heterocycles. The van der Waals surface area contributed by atoms with Gasteiger partial charge in [-0.25, -0.2) is 0 Å². The summed E-state index contributed by atoms with van der Waals surface area (Å²) in [6.07, 6.45) is 5.15.